The summed E-state index contributed by atoms with van der Waals surface area (Å²) in [5.41, 5.74) is 4.82. The molecular weight excluding hydrogens is 286 g/mol. The second-order valence-electron chi connectivity index (χ2n) is 7.30. The van der Waals surface area contributed by atoms with Crippen LogP contribution in [-0.2, 0) is 16.8 Å². The molecule has 0 radical (unpaired) electrons. The number of aryl methyl sites for hydroxylation is 2. The summed E-state index contributed by atoms with van der Waals surface area (Å²) in [5.74, 6) is -0.765. The average molecular weight is 309 g/mol. The van der Waals surface area contributed by atoms with Crippen molar-refractivity contribution in [3.05, 3.63) is 47.5 Å². The fraction of sp³-hybridized carbons (Fsp3) is 0.350. The monoisotopic (exact) mass is 309 g/mol. The third kappa shape index (κ3) is 2.83. The number of rotatable bonds is 3. The third-order valence-corrected chi connectivity index (χ3v) is 4.44. The highest BCUT2D eigenvalue weighted by molar-refractivity contribution is 6.08. The van der Waals surface area contributed by atoms with Crippen LogP contribution >= 0.6 is 0 Å². The normalized spacial score (nSPS) is 12.2. The lowest BCUT2D eigenvalue weighted by atomic mass is 9.86. The summed E-state index contributed by atoms with van der Waals surface area (Å²) in [6.07, 6.45) is 0.133. The quantitative estimate of drug-likeness (QED) is 0.749. The Morgan fingerprint density at radius 1 is 1.04 bits per heavy atom. The third-order valence-electron chi connectivity index (χ3n) is 4.44. The molecule has 0 amide bonds. The minimum absolute atomic E-state index is 0.0908. The summed E-state index contributed by atoms with van der Waals surface area (Å²) in [7, 11) is 0. The Morgan fingerprint density at radius 2 is 1.65 bits per heavy atom. The van der Waals surface area contributed by atoms with Crippen LogP contribution in [0.5, 0.6) is 0 Å². The molecule has 3 aromatic rings. The van der Waals surface area contributed by atoms with E-state index in [2.05, 4.69) is 68.7 Å². The number of hydrogen-bond donors (Lipinski definition) is 1. The number of fused-ring (bicyclic) bond motifs is 3. The second-order valence-corrected chi connectivity index (χ2v) is 7.30. The standard InChI is InChI=1S/C20H23NO2/c1-13-5-7-17-15(11-13)16-12-14(20(2,3)4)6-8-18(16)21(17)10-9-19(22)23/h5-8,11-12H,9-10H2,1-4H3,(H,22,23). The zero-order valence-electron chi connectivity index (χ0n) is 14.2. The van der Waals surface area contributed by atoms with Crippen molar-refractivity contribution in [3.8, 4) is 0 Å². The topological polar surface area (TPSA) is 42.2 Å². The maximum absolute atomic E-state index is 11.0. The van der Waals surface area contributed by atoms with Gasteiger partial charge >= 0.3 is 5.97 Å². The van der Waals surface area contributed by atoms with Gasteiger partial charge in [0.25, 0.3) is 0 Å². The first kappa shape index (κ1) is 15.6. The van der Waals surface area contributed by atoms with Crippen molar-refractivity contribution in [3.63, 3.8) is 0 Å². The lowest BCUT2D eigenvalue weighted by Crippen LogP contribution is -2.10. The van der Waals surface area contributed by atoms with Gasteiger partial charge < -0.3 is 9.67 Å². The molecule has 0 unspecified atom stereocenters. The molecule has 120 valence electrons. The van der Waals surface area contributed by atoms with Crippen LogP contribution in [0, 0.1) is 6.92 Å². The molecule has 0 spiro atoms. The number of nitrogens with zero attached hydrogens (tertiary/aromatic N) is 1. The van der Waals surface area contributed by atoms with Gasteiger partial charge in [-0.25, -0.2) is 0 Å². The van der Waals surface area contributed by atoms with Crippen LogP contribution in [0.3, 0.4) is 0 Å². The Labute approximate surface area is 136 Å². The van der Waals surface area contributed by atoms with Gasteiger partial charge in [0.15, 0.2) is 0 Å². The summed E-state index contributed by atoms with van der Waals surface area (Å²) in [6.45, 7) is 9.22. The van der Waals surface area contributed by atoms with E-state index in [4.69, 9.17) is 5.11 Å². The van der Waals surface area contributed by atoms with E-state index < -0.39 is 5.97 Å². The molecule has 1 heterocycles. The van der Waals surface area contributed by atoms with E-state index in [1.165, 1.54) is 21.9 Å². The van der Waals surface area contributed by atoms with Crippen LogP contribution in [0.15, 0.2) is 36.4 Å². The smallest absolute Gasteiger partial charge is 0.305 e. The molecule has 0 saturated heterocycles. The molecule has 0 saturated carbocycles. The molecule has 2 aromatic carbocycles. The van der Waals surface area contributed by atoms with Crippen LogP contribution in [0.4, 0.5) is 0 Å². The van der Waals surface area contributed by atoms with Crippen molar-refractivity contribution in [1.82, 2.24) is 4.57 Å². The zero-order valence-corrected chi connectivity index (χ0v) is 14.2. The fourth-order valence-corrected chi connectivity index (χ4v) is 3.13. The summed E-state index contributed by atoms with van der Waals surface area (Å²) in [6, 6.07) is 12.9. The molecule has 1 aromatic heterocycles. The summed E-state index contributed by atoms with van der Waals surface area (Å²) in [4.78, 5) is 11.0. The van der Waals surface area contributed by atoms with E-state index in [1.807, 2.05) is 0 Å². The lowest BCUT2D eigenvalue weighted by molar-refractivity contribution is -0.137. The molecule has 0 fully saturated rings. The highest BCUT2D eigenvalue weighted by Gasteiger charge is 2.17. The molecule has 3 heteroatoms. The van der Waals surface area contributed by atoms with Crippen LogP contribution in [0.2, 0.25) is 0 Å². The van der Waals surface area contributed by atoms with Gasteiger partial charge in [0.1, 0.15) is 0 Å². The predicted molar refractivity (Wildman–Crippen MR) is 95.1 cm³/mol. The molecule has 3 rings (SSSR count). The van der Waals surface area contributed by atoms with Crippen molar-refractivity contribution in [2.45, 2.75) is 46.1 Å². The van der Waals surface area contributed by atoms with Crippen LogP contribution in [0.25, 0.3) is 21.8 Å². The average Bonchev–Trinajstić information content (AvgIpc) is 2.77. The molecule has 0 aliphatic heterocycles. The van der Waals surface area contributed by atoms with E-state index in [9.17, 15) is 4.79 Å². The first-order valence-electron chi connectivity index (χ1n) is 8.02. The lowest BCUT2D eigenvalue weighted by Gasteiger charge is -2.19. The first-order valence-corrected chi connectivity index (χ1v) is 8.02. The van der Waals surface area contributed by atoms with Gasteiger partial charge in [-0.3, -0.25) is 4.79 Å². The Hall–Kier alpha value is -2.29. The van der Waals surface area contributed by atoms with E-state index in [0.29, 0.717) is 6.54 Å². The molecular formula is C20H23NO2. The van der Waals surface area contributed by atoms with Crippen LogP contribution < -0.4 is 0 Å². The Bertz CT molecular complexity index is 897. The van der Waals surface area contributed by atoms with Crippen molar-refractivity contribution in [2.24, 2.45) is 0 Å². The largest absolute Gasteiger partial charge is 0.481 e. The Balaban J connectivity index is 2.30. The minimum Gasteiger partial charge on any atom is -0.481 e. The summed E-state index contributed by atoms with van der Waals surface area (Å²) < 4.78 is 2.13. The number of carbonyl (C=O) groups is 1. The summed E-state index contributed by atoms with van der Waals surface area (Å²) >= 11 is 0. The first-order chi connectivity index (χ1) is 10.8. The van der Waals surface area contributed by atoms with Gasteiger partial charge in [0, 0.05) is 28.4 Å². The van der Waals surface area contributed by atoms with Gasteiger partial charge in [-0.05, 0) is 42.2 Å². The number of hydrogen-bond acceptors (Lipinski definition) is 1. The van der Waals surface area contributed by atoms with E-state index in [-0.39, 0.29) is 11.8 Å². The van der Waals surface area contributed by atoms with E-state index in [1.54, 1.807) is 0 Å². The number of aromatic nitrogens is 1. The second kappa shape index (κ2) is 5.41. The SMILES string of the molecule is Cc1ccc2c(c1)c1cc(C(C)(C)C)ccc1n2CCC(=O)O. The molecule has 0 aliphatic carbocycles. The zero-order chi connectivity index (χ0) is 16.8. The molecule has 1 N–H and O–H groups in total. The van der Waals surface area contributed by atoms with Crippen molar-refractivity contribution in [1.29, 1.82) is 0 Å². The van der Waals surface area contributed by atoms with Gasteiger partial charge in [0.2, 0.25) is 0 Å². The number of carboxylic acids is 1. The molecule has 0 bridgehead atoms. The van der Waals surface area contributed by atoms with Gasteiger partial charge in [-0.15, -0.1) is 0 Å². The Morgan fingerprint density at radius 3 is 2.26 bits per heavy atom. The van der Waals surface area contributed by atoms with Crippen LogP contribution in [-0.4, -0.2) is 15.6 Å². The molecule has 0 atom stereocenters. The van der Waals surface area contributed by atoms with Gasteiger partial charge in [0.05, 0.1) is 6.42 Å². The molecule has 3 nitrogen and oxygen atoms in total. The highest BCUT2D eigenvalue weighted by atomic mass is 16.4. The van der Waals surface area contributed by atoms with Crippen molar-refractivity contribution in [2.75, 3.05) is 0 Å². The highest BCUT2D eigenvalue weighted by Crippen LogP contribution is 2.33. The van der Waals surface area contributed by atoms with Crippen molar-refractivity contribution >= 4 is 27.8 Å². The van der Waals surface area contributed by atoms with Crippen molar-refractivity contribution < 1.29 is 9.90 Å². The Kier molecular flexibility index (Phi) is 3.67. The van der Waals surface area contributed by atoms with Crippen LogP contribution in [0.1, 0.15) is 38.3 Å². The number of carboxylic acid groups (broad SMARTS) is 1. The molecule has 23 heavy (non-hydrogen) atoms. The number of aliphatic carboxylic acids is 1. The minimum atomic E-state index is -0.765. The maximum Gasteiger partial charge on any atom is 0.305 e. The van der Waals surface area contributed by atoms with E-state index in [0.717, 1.165) is 11.0 Å². The van der Waals surface area contributed by atoms with Gasteiger partial charge in [-0.1, -0.05) is 38.5 Å². The maximum atomic E-state index is 11.0. The van der Waals surface area contributed by atoms with Gasteiger partial charge in [-0.2, -0.15) is 0 Å². The number of benzene rings is 2. The van der Waals surface area contributed by atoms with E-state index >= 15 is 0 Å². The summed E-state index contributed by atoms with van der Waals surface area (Å²) in [5, 5.41) is 11.5. The fourth-order valence-electron chi connectivity index (χ4n) is 3.13. The molecule has 0 aliphatic rings. The predicted octanol–water partition coefficient (Wildman–Crippen LogP) is 4.88.